The van der Waals surface area contributed by atoms with E-state index in [-0.39, 0.29) is 0 Å². The predicted molar refractivity (Wildman–Crippen MR) is 87.4 cm³/mol. The Hall–Kier alpha value is -0.550. The van der Waals surface area contributed by atoms with Crippen LogP contribution in [0.2, 0.25) is 10.0 Å². The van der Waals surface area contributed by atoms with Crippen molar-refractivity contribution in [2.24, 2.45) is 0 Å². The number of aromatic nitrogens is 2. The summed E-state index contributed by atoms with van der Waals surface area (Å²) in [4.78, 5) is 5.71. The van der Waals surface area contributed by atoms with Gasteiger partial charge in [0.25, 0.3) is 0 Å². The number of benzene rings is 1. The monoisotopic (exact) mass is 329 g/mol. The normalized spacial score (nSPS) is 15.4. The van der Waals surface area contributed by atoms with Crippen molar-refractivity contribution in [1.82, 2.24) is 14.5 Å². The van der Waals surface area contributed by atoms with Gasteiger partial charge in [0.05, 0.1) is 21.1 Å². The van der Waals surface area contributed by atoms with Crippen molar-refractivity contribution in [3.63, 3.8) is 0 Å². The van der Waals surface area contributed by atoms with Crippen LogP contribution in [0.3, 0.4) is 0 Å². The molecular weight excluding hydrogens is 313 g/mol. The standard InChI is InChI=1S/C14H17Cl2N3S/c1-2-18(9-3-4-9)5-6-19-13-8-11(16)10(15)7-12(13)17-14(19)20/h7-9H,2-6H2,1H3,(H,17,20). The molecule has 1 fully saturated rings. The van der Waals surface area contributed by atoms with Gasteiger partial charge >= 0.3 is 0 Å². The van der Waals surface area contributed by atoms with Crippen LogP contribution >= 0.6 is 35.4 Å². The average Bonchev–Trinajstić information content (AvgIpc) is 3.19. The Kier molecular flexibility index (Phi) is 4.09. The summed E-state index contributed by atoms with van der Waals surface area (Å²) in [5.74, 6) is 0. The number of rotatable bonds is 5. The van der Waals surface area contributed by atoms with Crippen molar-refractivity contribution in [2.75, 3.05) is 13.1 Å². The van der Waals surface area contributed by atoms with Crippen molar-refractivity contribution in [3.8, 4) is 0 Å². The summed E-state index contributed by atoms with van der Waals surface area (Å²) in [6, 6.07) is 4.50. The van der Waals surface area contributed by atoms with Gasteiger partial charge in [-0.3, -0.25) is 4.90 Å². The number of nitrogens with one attached hydrogen (secondary N) is 1. The van der Waals surface area contributed by atoms with Crippen molar-refractivity contribution in [3.05, 3.63) is 26.9 Å². The summed E-state index contributed by atoms with van der Waals surface area (Å²) in [6.07, 6.45) is 2.66. The quantitative estimate of drug-likeness (QED) is 0.817. The Bertz CT molecular complexity index is 688. The average molecular weight is 330 g/mol. The van der Waals surface area contributed by atoms with E-state index in [4.69, 9.17) is 35.4 Å². The van der Waals surface area contributed by atoms with Crippen LogP contribution in [0, 0.1) is 4.77 Å². The van der Waals surface area contributed by atoms with Gasteiger partial charge in [0.1, 0.15) is 0 Å². The first-order valence-electron chi connectivity index (χ1n) is 6.91. The Morgan fingerprint density at radius 3 is 2.70 bits per heavy atom. The molecule has 1 aliphatic carbocycles. The Morgan fingerprint density at radius 2 is 2.05 bits per heavy atom. The third-order valence-electron chi connectivity index (χ3n) is 3.90. The second-order valence-corrected chi connectivity index (χ2v) is 6.43. The molecule has 108 valence electrons. The maximum atomic E-state index is 6.12. The van der Waals surface area contributed by atoms with Gasteiger partial charge in [0.2, 0.25) is 0 Å². The SMILES string of the molecule is CCN(CCn1c(=S)[nH]c2cc(Cl)c(Cl)cc21)C1CC1. The summed E-state index contributed by atoms with van der Waals surface area (Å²) in [5.41, 5.74) is 1.97. The molecule has 0 bridgehead atoms. The lowest BCUT2D eigenvalue weighted by Crippen LogP contribution is -2.29. The Labute approximate surface area is 133 Å². The van der Waals surface area contributed by atoms with Gasteiger partial charge in [-0.25, -0.2) is 0 Å². The van der Waals surface area contributed by atoms with Crippen LogP contribution in [0.1, 0.15) is 19.8 Å². The van der Waals surface area contributed by atoms with Crippen LogP contribution < -0.4 is 0 Å². The summed E-state index contributed by atoms with van der Waals surface area (Å²) in [6.45, 7) is 5.19. The highest BCUT2D eigenvalue weighted by molar-refractivity contribution is 7.71. The highest BCUT2D eigenvalue weighted by atomic mass is 35.5. The van der Waals surface area contributed by atoms with Crippen LogP contribution in [0.15, 0.2) is 12.1 Å². The third kappa shape index (κ3) is 2.75. The van der Waals surface area contributed by atoms with Crippen molar-refractivity contribution >= 4 is 46.5 Å². The minimum Gasteiger partial charge on any atom is -0.331 e. The van der Waals surface area contributed by atoms with E-state index in [1.807, 2.05) is 12.1 Å². The first kappa shape index (κ1) is 14.4. The number of halogens is 2. The van der Waals surface area contributed by atoms with Crippen LogP contribution in [0.4, 0.5) is 0 Å². The van der Waals surface area contributed by atoms with E-state index in [0.717, 1.165) is 41.5 Å². The molecular formula is C14H17Cl2N3S. The second kappa shape index (κ2) is 5.68. The summed E-state index contributed by atoms with van der Waals surface area (Å²) in [5, 5.41) is 1.12. The number of likely N-dealkylation sites (N-methyl/N-ethyl adjacent to an activating group) is 1. The molecule has 0 unspecified atom stereocenters. The molecule has 0 amide bonds. The molecule has 2 aromatic rings. The third-order valence-corrected chi connectivity index (χ3v) is 4.94. The largest absolute Gasteiger partial charge is 0.331 e. The zero-order valence-corrected chi connectivity index (χ0v) is 13.7. The Balaban J connectivity index is 1.88. The predicted octanol–water partition coefficient (Wildman–Crippen LogP) is 4.49. The molecule has 0 saturated heterocycles. The van der Waals surface area contributed by atoms with E-state index in [2.05, 4.69) is 21.4 Å². The highest BCUT2D eigenvalue weighted by Crippen LogP contribution is 2.29. The maximum absolute atomic E-state index is 6.12. The topological polar surface area (TPSA) is 24.0 Å². The lowest BCUT2D eigenvalue weighted by Gasteiger charge is -2.20. The molecule has 1 aliphatic rings. The van der Waals surface area contributed by atoms with Crippen LogP contribution in [-0.2, 0) is 6.54 Å². The maximum Gasteiger partial charge on any atom is 0.178 e. The highest BCUT2D eigenvalue weighted by Gasteiger charge is 2.27. The lowest BCUT2D eigenvalue weighted by molar-refractivity contribution is 0.267. The first-order valence-corrected chi connectivity index (χ1v) is 8.08. The van der Waals surface area contributed by atoms with Crippen LogP contribution in [-0.4, -0.2) is 33.6 Å². The van der Waals surface area contributed by atoms with E-state index in [9.17, 15) is 0 Å². The molecule has 3 rings (SSSR count). The van der Waals surface area contributed by atoms with Crippen molar-refractivity contribution in [1.29, 1.82) is 0 Å². The van der Waals surface area contributed by atoms with Gasteiger partial charge in [-0.05, 0) is 43.7 Å². The molecule has 1 N–H and O–H groups in total. The number of hydrogen-bond donors (Lipinski definition) is 1. The molecule has 0 radical (unpaired) electrons. The molecule has 1 aromatic carbocycles. The van der Waals surface area contributed by atoms with Crippen molar-refractivity contribution in [2.45, 2.75) is 32.4 Å². The molecule has 0 atom stereocenters. The van der Waals surface area contributed by atoms with E-state index in [0.29, 0.717) is 10.0 Å². The number of nitrogens with zero attached hydrogens (tertiary/aromatic N) is 2. The molecule has 3 nitrogen and oxygen atoms in total. The Morgan fingerprint density at radius 1 is 1.35 bits per heavy atom. The number of imidazole rings is 1. The number of H-pyrrole nitrogens is 1. The number of aromatic amines is 1. The summed E-state index contributed by atoms with van der Waals surface area (Å²) in [7, 11) is 0. The smallest absolute Gasteiger partial charge is 0.178 e. The fourth-order valence-electron chi connectivity index (χ4n) is 2.64. The van der Waals surface area contributed by atoms with Gasteiger partial charge in [0, 0.05) is 19.1 Å². The molecule has 0 aliphatic heterocycles. The lowest BCUT2D eigenvalue weighted by atomic mass is 10.3. The first-order chi connectivity index (χ1) is 9.60. The molecule has 0 spiro atoms. The van der Waals surface area contributed by atoms with E-state index in [1.54, 1.807) is 0 Å². The van der Waals surface area contributed by atoms with Crippen molar-refractivity contribution < 1.29 is 0 Å². The van der Waals surface area contributed by atoms with Crippen LogP contribution in [0.5, 0.6) is 0 Å². The van der Waals surface area contributed by atoms with E-state index >= 15 is 0 Å². The molecule has 20 heavy (non-hydrogen) atoms. The molecule has 6 heteroatoms. The molecule has 1 heterocycles. The van der Waals surface area contributed by atoms with Gasteiger partial charge in [-0.1, -0.05) is 30.1 Å². The molecule has 1 aromatic heterocycles. The van der Waals surface area contributed by atoms with E-state index in [1.165, 1.54) is 12.8 Å². The molecule has 1 saturated carbocycles. The van der Waals surface area contributed by atoms with Gasteiger partial charge < -0.3 is 9.55 Å². The van der Waals surface area contributed by atoms with E-state index < -0.39 is 0 Å². The second-order valence-electron chi connectivity index (χ2n) is 5.23. The number of hydrogen-bond acceptors (Lipinski definition) is 2. The zero-order chi connectivity index (χ0) is 14.3. The summed E-state index contributed by atoms with van der Waals surface area (Å²) < 4.78 is 2.84. The minimum absolute atomic E-state index is 0.552. The fraction of sp³-hybridized carbons (Fsp3) is 0.500. The van der Waals surface area contributed by atoms with Gasteiger partial charge in [-0.2, -0.15) is 0 Å². The number of fused-ring (bicyclic) bond motifs is 1. The zero-order valence-electron chi connectivity index (χ0n) is 11.3. The minimum atomic E-state index is 0.552. The van der Waals surface area contributed by atoms with Crippen LogP contribution in [0.25, 0.3) is 11.0 Å². The fourth-order valence-corrected chi connectivity index (χ4v) is 3.26. The van der Waals surface area contributed by atoms with Gasteiger partial charge in [-0.15, -0.1) is 0 Å². The van der Waals surface area contributed by atoms with Gasteiger partial charge in [0.15, 0.2) is 4.77 Å². The summed E-state index contributed by atoms with van der Waals surface area (Å²) >= 11 is 17.6.